The molecular formula is C13H23N. The summed E-state index contributed by atoms with van der Waals surface area (Å²) in [6, 6.07) is 0. The number of hydrogen-bond donors (Lipinski definition) is 0. The van der Waals surface area contributed by atoms with Crippen molar-refractivity contribution in [2.24, 2.45) is 4.99 Å². The van der Waals surface area contributed by atoms with Crippen LogP contribution in [0.1, 0.15) is 53.9 Å². The molecule has 0 amide bonds. The lowest BCUT2D eigenvalue weighted by Gasteiger charge is -2.00. The Morgan fingerprint density at radius 3 is 2.29 bits per heavy atom. The summed E-state index contributed by atoms with van der Waals surface area (Å²) < 4.78 is 0. The summed E-state index contributed by atoms with van der Waals surface area (Å²) in [4.78, 5) is 4.47. The second-order valence-corrected chi connectivity index (χ2v) is 3.59. The molecule has 0 aliphatic rings. The standard InChI is InChI=1S/C13H23N/c1-6-9-13(8-3)10-14-12(5)11(4)7-2/h8,10H,6-7,9H2,1-5H3/b12-11+,13-8-,14-10+. The summed E-state index contributed by atoms with van der Waals surface area (Å²) >= 11 is 0. The van der Waals surface area contributed by atoms with Crippen molar-refractivity contribution in [3.8, 4) is 0 Å². The molecule has 0 aromatic carbocycles. The van der Waals surface area contributed by atoms with E-state index in [2.05, 4.69) is 45.7 Å². The van der Waals surface area contributed by atoms with Crippen LogP contribution in [0.4, 0.5) is 0 Å². The zero-order chi connectivity index (χ0) is 11.0. The van der Waals surface area contributed by atoms with Gasteiger partial charge in [-0.25, -0.2) is 0 Å². The normalized spacial score (nSPS) is 14.8. The Kier molecular flexibility index (Phi) is 7.09. The Hall–Kier alpha value is -0.850. The van der Waals surface area contributed by atoms with Gasteiger partial charge in [-0.2, -0.15) is 0 Å². The van der Waals surface area contributed by atoms with Crippen molar-refractivity contribution in [2.45, 2.75) is 53.9 Å². The maximum atomic E-state index is 4.47. The minimum Gasteiger partial charge on any atom is -0.261 e. The Morgan fingerprint density at radius 1 is 1.21 bits per heavy atom. The SMILES string of the molecule is C\C=C(/C=N/C(C)=C(\C)CC)CCC. The third-order valence-corrected chi connectivity index (χ3v) is 2.48. The lowest BCUT2D eigenvalue weighted by molar-refractivity contribution is 0.936. The quantitative estimate of drug-likeness (QED) is 0.570. The summed E-state index contributed by atoms with van der Waals surface area (Å²) in [6.45, 7) is 10.6. The highest BCUT2D eigenvalue weighted by atomic mass is 14.7. The van der Waals surface area contributed by atoms with Crippen LogP contribution in [0.2, 0.25) is 0 Å². The summed E-state index contributed by atoms with van der Waals surface area (Å²) in [5.41, 5.74) is 3.85. The van der Waals surface area contributed by atoms with Crippen molar-refractivity contribution >= 4 is 6.21 Å². The maximum absolute atomic E-state index is 4.47. The van der Waals surface area contributed by atoms with Crippen LogP contribution in [-0.4, -0.2) is 6.21 Å². The van der Waals surface area contributed by atoms with Crippen LogP contribution in [0.25, 0.3) is 0 Å². The van der Waals surface area contributed by atoms with Gasteiger partial charge in [-0.3, -0.25) is 4.99 Å². The molecule has 1 nitrogen and oxygen atoms in total. The van der Waals surface area contributed by atoms with E-state index < -0.39 is 0 Å². The van der Waals surface area contributed by atoms with Gasteiger partial charge in [0.25, 0.3) is 0 Å². The van der Waals surface area contributed by atoms with Gasteiger partial charge in [0.05, 0.1) is 0 Å². The highest BCUT2D eigenvalue weighted by Crippen LogP contribution is 2.09. The zero-order valence-electron chi connectivity index (χ0n) is 10.2. The number of rotatable bonds is 5. The average Bonchev–Trinajstić information content (AvgIpc) is 2.22. The molecule has 0 aromatic rings. The lowest BCUT2D eigenvalue weighted by Crippen LogP contribution is -1.86. The molecule has 0 rings (SSSR count). The fourth-order valence-electron chi connectivity index (χ4n) is 1.12. The summed E-state index contributed by atoms with van der Waals surface area (Å²) in [6.07, 6.45) is 7.53. The third kappa shape index (κ3) is 5.00. The van der Waals surface area contributed by atoms with Gasteiger partial charge in [-0.15, -0.1) is 0 Å². The molecule has 80 valence electrons. The van der Waals surface area contributed by atoms with E-state index >= 15 is 0 Å². The summed E-state index contributed by atoms with van der Waals surface area (Å²) in [5, 5.41) is 0. The van der Waals surface area contributed by atoms with Crippen LogP contribution in [0, 0.1) is 0 Å². The van der Waals surface area contributed by atoms with Gasteiger partial charge in [0.1, 0.15) is 0 Å². The molecule has 0 N–H and O–H groups in total. The van der Waals surface area contributed by atoms with Gasteiger partial charge in [-0.05, 0) is 39.2 Å². The Morgan fingerprint density at radius 2 is 1.86 bits per heavy atom. The number of aliphatic imine (C=N–C) groups is 1. The molecule has 14 heavy (non-hydrogen) atoms. The average molecular weight is 193 g/mol. The monoisotopic (exact) mass is 193 g/mol. The molecule has 0 aromatic heterocycles. The second-order valence-electron chi connectivity index (χ2n) is 3.59. The van der Waals surface area contributed by atoms with Crippen LogP contribution in [0.15, 0.2) is 27.9 Å². The number of hydrogen-bond acceptors (Lipinski definition) is 1. The van der Waals surface area contributed by atoms with Crippen molar-refractivity contribution in [2.75, 3.05) is 0 Å². The van der Waals surface area contributed by atoms with Crippen molar-refractivity contribution in [1.82, 2.24) is 0 Å². The molecule has 1 heteroatoms. The first kappa shape index (κ1) is 13.2. The topological polar surface area (TPSA) is 12.4 Å². The maximum Gasteiger partial charge on any atom is 0.0361 e. The van der Waals surface area contributed by atoms with Crippen molar-refractivity contribution in [3.63, 3.8) is 0 Å². The zero-order valence-corrected chi connectivity index (χ0v) is 10.2. The minimum atomic E-state index is 1.09. The van der Waals surface area contributed by atoms with E-state index in [1.807, 2.05) is 6.21 Å². The van der Waals surface area contributed by atoms with Crippen LogP contribution in [-0.2, 0) is 0 Å². The first-order valence-corrected chi connectivity index (χ1v) is 5.51. The van der Waals surface area contributed by atoms with E-state index in [1.165, 1.54) is 17.6 Å². The van der Waals surface area contributed by atoms with Gasteiger partial charge in [0, 0.05) is 11.9 Å². The molecule has 0 spiro atoms. The van der Waals surface area contributed by atoms with Gasteiger partial charge in [0.2, 0.25) is 0 Å². The van der Waals surface area contributed by atoms with E-state index in [9.17, 15) is 0 Å². The van der Waals surface area contributed by atoms with Gasteiger partial charge in [0.15, 0.2) is 0 Å². The molecule has 0 heterocycles. The predicted molar refractivity (Wildman–Crippen MR) is 65.8 cm³/mol. The molecule has 0 fully saturated rings. The fraction of sp³-hybridized carbons (Fsp3) is 0.615. The Bertz CT molecular complexity index is 244. The van der Waals surface area contributed by atoms with Crippen LogP contribution >= 0.6 is 0 Å². The van der Waals surface area contributed by atoms with E-state index in [0.717, 1.165) is 18.5 Å². The van der Waals surface area contributed by atoms with E-state index in [-0.39, 0.29) is 0 Å². The van der Waals surface area contributed by atoms with Crippen molar-refractivity contribution in [3.05, 3.63) is 22.9 Å². The third-order valence-electron chi connectivity index (χ3n) is 2.48. The lowest BCUT2D eigenvalue weighted by atomic mass is 10.1. The Labute approximate surface area is 88.6 Å². The highest BCUT2D eigenvalue weighted by Gasteiger charge is 1.92. The molecule has 0 aliphatic carbocycles. The first-order valence-electron chi connectivity index (χ1n) is 5.51. The highest BCUT2D eigenvalue weighted by molar-refractivity contribution is 5.79. The van der Waals surface area contributed by atoms with E-state index in [1.54, 1.807) is 0 Å². The summed E-state index contributed by atoms with van der Waals surface area (Å²) in [5.74, 6) is 0. The molecule has 0 radical (unpaired) electrons. The largest absolute Gasteiger partial charge is 0.261 e. The van der Waals surface area contributed by atoms with Crippen molar-refractivity contribution in [1.29, 1.82) is 0 Å². The smallest absolute Gasteiger partial charge is 0.0361 e. The van der Waals surface area contributed by atoms with Crippen LogP contribution < -0.4 is 0 Å². The van der Waals surface area contributed by atoms with Crippen LogP contribution in [0.5, 0.6) is 0 Å². The number of allylic oxidation sites excluding steroid dienone is 4. The van der Waals surface area contributed by atoms with Crippen molar-refractivity contribution < 1.29 is 0 Å². The van der Waals surface area contributed by atoms with E-state index in [0.29, 0.717) is 0 Å². The molecular weight excluding hydrogens is 170 g/mol. The molecule has 0 unspecified atom stereocenters. The van der Waals surface area contributed by atoms with Crippen LogP contribution in [0.3, 0.4) is 0 Å². The molecule has 0 saturated carbocycles. The van der Waals surface area contributed by atoms with E-state index in [4.69, 9.17) is 0 Å². The molecule has 0 aliphatic heterocycles. The first-order chi connectivity index (χ1) is 6.65. The predicted octanol–water partition coefficient (Wildman–Crippen LogP) is 4.51. The summed E-state index contributed by atoms with van der Waals surface area (Å²) in [7, 11) is 0. The second kappa shape index (κ2) is 7.54. The molecule has 0 bridgehead atoms. The minimum absolute atomic E-state index is 1.09. The van der Waals surface area contributed by atoms with Gasteiger partial charge < -0.3 is 0 Å². The van der Waals surface area contributed by atoms with Gasteiger partial charge in [-0.1, -0.05) is 31.9 Å². The molecule has 0 atom stereocenters. The van der Waals surface area contributed by atoms with Gasteiger partial charge >= 0.3 is 0 Å². The number of nitrogens with zero attached hydrogens (tertiary/aromatic N) is 1. The fourth-order valence-corrected chi connectivity index (χ4v) is 1.12. The Balaban J connectivity index is 4.42. The molecule has 0 saturated heterocycles.